The summed E-state index contributed by atoms with van der Waals surface area (Å²) in [5, 5.41) is 4.26. The van der Waals surface area contributed by atoms with Gasteiger partial charge in [-0.05, 0) is 36.8 Å². The van der Waals surface area contributed by atoms with Crippen LogP contribution >= 0.6 is 11.6 Å². The summed E-state index contributed by atoms with van der Waals surface area (Å²) < 4.78 is 2.38. The predicted octanol–water partition coefficient (Wildman–Crippen LogP) is 3.47. The summed E-state index contributed by atoms with van der Waals surface area (Å²) in [5.74, 6) is 0. The molecule has 2 aromatic rings. The van der Waals surface area contributed by atoms with Gasteiger partial charge < -0.3 is 9.88 Å². The summed E-state index contributed by atoms with van der Waals surface area (Å²) in [7, 11) is 0. The van der Waals surface area contributed by atoms with E-state index in [0.29, 0.717) is 6.04 Å². The lowest BCUT2D eigenvalue weighted by Crippen LogP contribution is -2.31. The number of aromatic nitrogens is 1. The molecule has 1 N–H and O–H groups in total. The molecule has 88 valence electrons. The van der Waals surface area contributed by atoms with Crippen LogP contribution in [0.25, 0.3) is 11.3 Å². The maximum atomic E-state index is 6.05. The van der Waals surface area contributed by atoms with E-state index >= 15 is 0 Å². The standard InChI is InChI=1S/C14H15ClN2/c1-10-13-5-6-14(17(13)8-7-16-10)11-3-2-4-12(15)9-11/h2-6,9-10,16H,7-8H2,1H3. The minimum Gasteiger partial charge on any atom is -0.342 e. The molecule has 3 heteroatoms. The third-order valence-corrected chi connectivity index (χ3v) is 3.60. The average molecular weight is 247 g/mol. The highest BCUT2D eigenvalue weighted by molar-refractivity contribution is 6.30. The van der Waals surface area contributed by atoms with Crippen molar-refractivity contribution in [2.75, 3.05) is 6.54 Å². The number of nitrogens with one attached hydrogen (secondary N) is 1. The number of hydrogen-bond donors (Lipinski definition) is 1. The summed E-state index contributed by atoms with van der Waals surface area (Å²) in [6, 6.07) is 12.9. The zero-order chi connectivity index (χ0) is 11.8. The first kappa shape index (κ1) is 10.9. The third-order valence-electron chi connectivity index (χ3n) is 3.36. The van der Waals surface area contributed by atoms with Crippen LogP contribution in [0.2, 0.25) is 5.02 Å². The fraction of sp³-hybridized carbons (Fsp3) is 0.286. The van der Waals surface area contributed by atoms with Crippen molar-refractivity contribution in [1.82, 2.24) is 9.88 Å². The molecule has 1 aliphatic heterocycles. The predicted molar refractivity (Wildman–Crippen MR) is 71.3 cm³/mol. The Hall–Kier alpha value is -1.25. The van der Waals surface area contributed by atoms with Crippen LogP contribution in [0.15, 0.2) is 36.4 Å². The van der Waals surface area contributed by atoms with Gasteiger partial charge in [-0.1, -0.05) is 23.7 Å². The number of hydrogen-bond acceptors (Lipinski definition) is 1. The molecule has 2 nitrogen and oxygen atoms in total. The molecule has 0 fully saturated rings. The molecule has 1 unspecified atom stereocenters. The molecule has 0 spiro atoms. The first-order chi connectivity index (χ1) is 8.25. The monoisotopic (exact) mass is 246 g/mol. The lowest BCUT2D eigenvalue weighted by Gasteiger charge is -2.25. The minimum absolute atomic E-state index is 0.427. The van der Waals surface area contributed by atoms with Crippen molar-refractivity contribution >= 4 is 11.6 Å². The van der Waals surface area contributed by atoms with E-state index in [4.69, 9.17) is 11.6 Å². The summed E-state index contributed by atoms with van der Waals surface area (Å²) in [6.45, 7) is 4.25. The van der Waals surface area contributed by atoms with Gasteiger partial charge in [0.1, 0.15) is 0 Å². The summed E-state index contributed by atoms with van der Waals surface area (Å²) in [4.78, 5) is 0. The molecule has 0 saturated carbocycles. The summed E-state index contributed by atoms with van der Waals surface area (Å²) in [6.07, 6.45) is 0. The van der Waals surface area contributed by atoms with Gasteiger partial charge in [0.25, 0.3) is 0 Å². The average Bonchev–Trinajstić information content (AvgIpc) is 2.74. The Morgan fingerprint density at radius 1 is 1.29 bits per heavy atom. The Labute approximate surface area is 106 Å². The van der Waals surface area contributed by atoms with Crippen molar-refractivity contribution in [2.45, 2.75) is 19.5 Å². The minimum atomic E-state index is 0.427. The van der Waals surface area contributed by atoms with E-state index in [1.54, 1.807) is 0 Å². The smallest absolute Gasteiger partial charge is 0.0483 e. The van der Waals surface area contributed by atoms with Crippen molar-refractivity contribution in [2.24, 2.45) is 0 Å². The molecule has 1 atom stereocenters. The second-order valence-corrected chi connectivity index (χ2v) is 4.92. The fourth-order valence-electron chi connectivity index (χ4n) is 2.51. The molecule has 0 aliphatic carbocycles. The molecule has 0 radical (unpaired) electrons. The van der Waals surface area contributed by atoms with E-state index in [9.17, 15) is 0 Å². The van der Waals surface area contributed by atoms with Crippen molar-refractivity contribution < 1.29 is 0 Å². The molecule has 0 saturated heterocycles. The first-order valence-electron chi connectivity index (χ1n) is 5.94. The first-order valence-corrected chi connectivity index (χ1v) is 6.32. The number of nitrogens with zero attached hydrogens (tertiary/aromatic N) is 1. The van der Waals surface area contributed by atoms with Gasteiger partial charge in [-0.25, -0.2) is 0 Å². The molecular weight excluding hydrogens is 232 g/mol. The Bertz CT molecular complexity index is 545. The number of halogens is 1. The molecule has 3 rings (SSSR count). The molecule has 2 heterocycles. The van der Waals surface area contributed by atoms with Gasteiger partial charge in [-0.15, -0.1) is 0 Å². The Morgan fingerprint density at radius 2 is 2.18 bits per heavy atom. The van der Waals surface area contributed by atoms with Gasteiger partial charge in [-0.3, -0.25) is 0 Å². The summed E-state index contributed by atoms with van der Waals surface area (Å²) in [5.41, 5.74) is 3.81. The molecule has 0 amide bonds. The molecular formula is C14H15ClN2. The van der Waals surface area contributed by atoms with E-state index in [2.05, 4.69) is 35.0 Å². The maximum Gasteiger partial charge on any atom is 0.0483 e. The van der Waals surface area contributed by atoms with Crippen LogP contribution in [0.4, 0.5) is 0 Å². The van der Waals surface area contributed by atoms with E-state index in [1.807, 2.05) is 18.2 Å². The molecule has 17 heavy (non-hydrogen) atoms. The largest absolute Gasteiger partial charge is 0.342 e. The molecule has 1 aromatic heterocycles. The fourth-order valence-corrected chi connectivity index (χ4v) is 2.70. The number of fused-ring (bicyclic) bond motifs is 1. The highest BCUT2D eigenvalue weighted by Crippen LogP contribution is 2.29. The van der Waals surface area contributed by atoms with Crippen LogP contribution < -0.4 is 5.32 Å². The van der Waals surface area contributed by atoms with Crippen molar-refractivity contribution in [3.05, 3.63) is 47.1 Å². The Morgan fingerprint density at radius 3 is 3.00 bits per heavy atom. The van der Waals surface area contributed by atoms with E-state index < -0.39 is 0 Å². The maximum absolute atomic E-state index is 6.05. The van der Waals surface area contributed by atoms with Crippen LogP contribution in [0.3, 0.4) is 0 Å². The highest BCUT2D eigenvalue weighted by Gasteiger charge is 2.18. The number of benzene rings is 1. The van der Waals surface area contributed by atoms with Gasteiger partial charge in [-0.2, -0.15) is 0 Å². The SMILES string of the molecule is CC1NCCn2c(-c3cccc(Cl)c3)ccc21. The highest BCUT2D eigenvalue weighted by atomic mass is 35.5. The second-order valence-electron chi connectivity index (χ2n) is 4.48. The van der Waals surface area contributed by atoms with Gasteiger partial charge in [0, 0.05) is 35.5 Å². The molecule has 1 aromatic carbocycles. The molecule has 1 aliphatic rings. The topological polar surface area (TPSA) is 17.0 Å². The zero-order valence-electron chi connectivity index (χ0n) is 9.78. The van der Waals surface area contributed by atoms with Crippen molar-refractivity contribution in [3.8, 4) is 11.3 Å². The van der Waals surface area contributed by atoms with Crippen LogP contribution in [0.1, 0.15) is 18.7 Å². The lowest BCUT2D eigenvalue weighted by atomic mass is 10.1. The lowest BCUT2D eigenvalue weighted by molar-refractivity contribution is 0.451. The van der Waals surface area contributed by atoms with E-state index in [0.717, 1.165) is 18.1 Å². The third kappa shape index (κ3) is 1.88. The quantitative estimate of drug-likeness (QED) is 0.815. The van der Waals surface area contributed by atoms with Crippen LogP contribution in [0, 0.1) is 0 Å². The van der Waals surface area contributed by atoms with Gasteiger partial charge in [0.15, 0.2) is 0 Å². The van der Waals surface area contributed by atoms with Crippen LogP contribution in [0.5, 0.6) is 0 Å². The molecule has 0 bridgehead atoms. The number of rotatable bonds is 1. The second kappa shape index (κ2) is 4.21. The van der Waals surface area contributed by atoms with Crippen molar-refractivity contribution in [3.63, 3.8) is 0 Å². The summed E-state index contributed by atoms with van der Waals surface area (Å²) >= 11 is 6.05. The van der Waals surface area contributed by atoms with Gasteiger partial charge in [0.05, 0.1) is 0 Å². The van der Waals surface area contributed by atoms with Crippen LogP contribution in [-0.4, -0.2) is 11.1 Å². The zero-order valence-corrected chi connectivity index (χ0v) is 10.5. The Balaban J connectivity index is 2.10. The Kier molecular flexibility index (Phi) is 2.69. The van der Waals surface area contributed by atoms with Gasteiger partial charge in [0.2, 0.25) is 0 Å². The normalized spacial score (nSPS) is 19.1. The van der Waals surface area contributed by atoms with Crippen molar-refractivity contribution in [1.29, 1.82) is 0 Å². The van der Waals surface area contributed by atoms with Crippen LogP contribution in [-0.2, 0) is 6.54 Å². The van der Waals surface area contributed by atoms with E-state index in [-0.39, 0.29) is 0 Å². The van der Waals surface area contributed by atoms with E-state index in [1.165, 1.54) is 17.0 Å². The van der Waals surface area contributed by atoms with Gasteiger partial charge >= 0.3 is 0 Å².